The number of nitrogens with one attached hydrogen (secondary N) is 1. The van der Waals surface area contributed by atoms with Gasteiger partial charge in [0.1, 0.15) is 0 Å². The van der Waals surface area contributed by atoms with Crippen LogP contribution in [-0.4, -0.2) is 43.6 Å². The molecule has 2 aliphatic rings. The Hall–Kier alpha value is -0.170. The molecule has 1 atom stereocenters. The van der Waals surface area contributed by atoms with Gasteiger partial charge in [0.25, 0.3) is 10.2 Å². The molecule has 2 N–H and O–H groups in total. The van der Waals surface area contributed by atoms with Crippen LogP contribution >= 0.6 is 0 Å². The molecule has 5 nitrogen and oxygen atoms in total. The SMILES string of the molecule is O=S(=O)(NC(CCO)C1CCCCC1)N1CCCCC1. The summed E-state index contributed by atoms with van der Waals surface area (Å²) in [5.41, 5.74) is 0. The van der Waals surface area contributed by atoms with E-state index in [2.05, 4.69) is 4.72 Å². The minimum absolute atomic E-state index is 0.0453. The Morgan fingerprint density at radius 3 is 2.25 bits per heavy atom. The first-order valence-corrected chi connectivity index (χ1v) is 9.46. The highest BCUT2D eigenvalue weighted by Gasteiger charge is 2.30. The molecular formula is C14H28N2O3S. The van der Waals surface area contributed by atoms with Crippen LogP contribution in [0.4, 0.5) is 0 Å². The Bertz CT molecular complexity index is 374. The van der Waals surface area contributed by atoms with Gasteiger partial charge >= 0.3 is 0 Å². The molecule has 0 spiro atoms. The van der Waals surface area contributed by atoms with Gasteiger partial charge in [0.2, 0.25) is 0 Å². The molecule has 1 saturated carbocycles. The smallest absolute Gasteiger partial charge is 0.279 e. The van der Waals surface area contributed by atoms with E-state index >= 15 is 0 Å². The van der Waals surface area contributed by atoms with Crippen LogP contribution in [0.3, 0.4) is 0 Å². The topological polar surface area (TPSA) is 69.6 Å². The lowest BCUT2D eigenvalue weighted by molar-refractivity contribution is 0.218. The molecule has 1 heterocycles. The van der Waals surface area contributed by atoms with E-state index in [1.54, 1.807) is 4.31 Å². The standard InChI is InChI=1S/C14H28N2O3S/c17-12-9-14(13-7-3-1-4-8-13)15-20(18,19)16-10-5-2-6-11-16/h13-15,17H,1-12H2. The van der Waals surface area contributed by atoms with Crippen LogP contribution in [0.5, 0.6) is 0 Å². The Morgan fingerprint density at radius 1 is 1.05 bits per heavy atom. The van der Waals surface area contributed by atoms with E-state index in [-0.39, 0.29) is 12.6 Å². The average molecular weight is 304 g/mol. The van der Waals surface area contributed by atoms with Gasteiger partial charge in [0.05, 0.1) is 0 Å². The zero-order valence-electron chi connectivity index (χ0n) is 12.3. The number of rotatable bonds is 6. The number of aliphatic hydroxyl groups is 1. The summed E-state index contributed by atoms with van der Waals surface area (Å²) in [5, 5.41) is 9.23. The summed E-state index contributed by atoms with van der Waals surface area (Å²) in [6, 6.07) is -0.104. The van der Waals surface area contributed by atoms with Crippen LogP contribution in [0.25, 0.3) is 0 Å². The van der Waals surface area contributed by atoms with E-state index in [9.17, 15) is 13.5 Å². The number of aliphatic hydroxyl groups excluding tert-OH is 1. The summed E-state index contributed by atoms with van der Waals surface area (Å²) in [7, 11) is -3.38. The first-order chi connectivity index (χ1) is 9.63. The first-order valence-electron chi connectivity index (χ1n) is 8.02. The van der Waals surface area contributed by atoms with Gasteiger partial charge in [-0.15, -0.1) is 0 Å². The van der Waals surface area contributed by atoms with E-state index < -0.39 is 10.2 Å². The molecule has 2 fully saturated rings. The van der Waals surface area contributed by atoms with E-state index in [0.29, 0.717) is 25.4 Å². The van der Waals surface area contributed by atoms with Crippen molar-refractivity contribution < 1.29 is 13.5 Å². The van der Waals surface area contributed by atoms with Gasteiger partial charge in [-0.05, 0) is 38.0 Å². The zero-order valence-corrected chi connectivity index (χ0v) is 13.1. The predicted molar refractivity (Wildman–Crippen MR) is 79.5 cm³/mol. The molecular weight excluding hydrogens is 276 g/mol. The normalized spacial score (nSPS) is 24.6. The second-order valence-electron chi connectivity index (χ2n) is 6.10. The third kappa shape index (κ3) is 4.41. The van der Waals surface area contributed by atoms with Gasteiger partial charge in [-0.3, -0.25) is 0 Å². The second-order valence-corrected chi connectivity index (χ2v) is 7.80. The maximum absolute atomic E-state index is 12.4. The van der Waals surface area contributed by atoms with Crippen molar-refractivity contribution in [2.45, 2.75) is 63.8 Å². The summed E-state index contributed by atoms with van der Waals surface area (Å²) < 4.78 is 29.3. The largest absolute Gasteiger partial charge is 0.396 e. The van der Waals surface area contributed by atoms with Crippen LogP contribution in [0.1, 0.15) is 57.8 Å². The molecule has 0 aromatic carbocycles. The number of piperidine rings is 1. The summed E-state index contributed by atoms with van der Waals surface area (Å²) in [6.45, 7) is 1.31. The highest BCUT2D eigenvalue weighted by Crippen LogP contribution is 2.28. The van der Waals surface area contributed by atoms with Gasteiger partial charge in [0, 0.05) is 25.7 Å². The third-order valence-corrected chi connectivity index (χ3v) is 6.26. The minimum atomic E-state index is -3.38. The van der Waals surface area contributed by atoms with Crippen LogP contribution in [0, 0.1) is 5.92 Å². The maximum Gasteiger partial charge on any atom is 0.279 e. The third-order valence-electron chi connectivity index (χ3n) is 4.61. The Labute approximate surface area is 122 Å². The molecule has 118 valence electrons. The number of hydrogen-bond donors (Lipinski definition) is 2. The molecule has 1 saturated heterocycles. The van der Waals surface area contributed by atoms with E-state index in [0.717, 1.165) is 32.1 Å². The van der Waals surface area contributed by atoms with Crippen molar-refractivity contribution in [1.82, 2.24) is 9.03 Å². The zero-order chi connectivity index (χ0) is 14.4. The maximum atomic E-state index is 12.4. The van der Waals surface area contributed by atoms with Crippen LogP contribution < -0.4 is 4.72 Å². The van der Waals surface area contributed by atoms with Gasteiger partial charge in [0.15, 0.2) is 0 Å². The molecule has 0 aromatic rings. The van der Waals surface area contributed by atoms with Crippen molar-refractivity contribution in [2.75, 3.05) is 19.7 Å². The molecule has 1 unspecified atom stereocenters. The van der Waals surface area contributed by atoms with Crippen LogP contribution in [0.2, 0.25) is 0 Å². The van der Waals surface area contributed by atoms with Crippen molar-refractivity contribution in [3.05, 3.63) is 0 Å². The van der Waals surface area contributed by atoms with E-state index in [1.165, 1.54) is 19.3 Å². The molecule has 6 heteroatoms. The summed E-state index contributed by atoms with van der Waals surface area (Å²) in [4.78, 5) is 0. The van der Waals surface area contributed by atoms with Crippen LogP contribution in [0.15, 0.2) is 0 Å². The van der Waals surface area contributed by atoms with E-state index in [4.69, 9.17) is 0 Å². The highest BCUT2D eigenvalue weighted by atomic mass is 32.2. The molecule has 0 bridgehead atoms. The van der Waals surface area contributed by atoms with Crippen molar-refractivity contribution >= 4 is 10.2 Å². The lowest BCUT2D eigenvalue weighted by Gasteiger charge is -2.33. The molecule has 0 amide bonds. The van der Waals surface area contributed by atoms with Gasteiger partial charge in [-0.2, -0.15) is 17.4 Å². The van der Waals surface area contributed by atoms with Gasteiger partial charge in [-0.25, -0.2) is 0 Å². The lowest BCUT2D eigenvalue weighted by atomic mass is 9.83. The Balaban J connectivity index is 1.98. The quantitative estimate of drug-likeness (QED) is 0.784. The fourth-order valence-corrected chi connectivity index (χ4v) is 5.02. The van der Waals surface area contributed by atoms with Crippen molar-refractivity contribution in [1.29, 1.82) is 0 Å². The minimum Gasteiger partial charge on any atom is -0.396 e. The van der Waals surface area contributed by atoms with Crippen molar-refractivity contribution in [3.63, 3.8) is 0 Å². The van der Waals surface area contributed by atoms with Crippen LogP contribution in [-0.2, 0) is 10.2 Å². The molecule has 20 heavy (non-hydrogen) atoms. The Morgan fingerprint density at radius 2 is 1.65 bits per heavy atom. The molecule has 1 aliphatic carbocycles. The number of nitrogens with zero attached hydrogens (tertiary/aromatic N) is 1. The number of hydrogen-bond acceptors (Lipinski definition) is 3. The lowest BCUT2D eigenvalue weighted by Crippen LogP contribution is -2.50. The molecule has 1 aliphatic heterocycles. The van der Waals surface area contributed by atoms with Gasteiger partial charge < -0.3 is 5.11 Å². The van der Waals surface area contributed by atoms with Gasteiger partial charge in [-0.1, -0.05) is 25.7 Å². The molecule has 0 radical (unpaired) electrons. The second kappa shape index (κ2) is 7.73. The van der Waals surface area contributed by atoms with Crippen molar-refractivity contribution in [2.24, 2.45) is 5.92 Å². The predicted octanol–water partition coefficient (Wildman–Crippen LogP) is 1.64. The summed E-state index contributed by atoms with van der Waals surface area (Å²) >= 11 is 0. The fourth-order valence-electron chi connectivity index (χ4n) is 3.44. The highest BCUT2D eigenvalue weighted by molar-refractivity contribution is 7.87. The van der Waals surface area contributed by atoms with Crippen molar-refractivity contribution in [3.8, 4) is 0 Å². The summed E-state index contributed by atoms with van der Waals surface area (Å²) in [6.07, 6.45) is 9.31. The fraction of sp³-hybridized carbons (Fsp3) is 1.00. The summed E-state index contributed by atoms with van der Waals surface area (Å²) in [5.74, 6) is 0.385. The average Bonchev–Trinajstić information content (AvgIpc) is 2.48. The first kappa shape index (κ1) is 16.2. The monoisotopic (exact) mass is 304 g/mol. The van der Waals surface area contributed by atoms with E-state index in [1.807, 2.05) is 0 Å². The molecule has 2 rings (SSSR count). The molecule has 0 aromatic heterocycles. The Kier molecular flexibility index (Phi) is 6.26.